The molecule has 0 aliphatic heterocycles. The highest BCUT2D eigenvalue weighted by molar-refractivity contribution is 7.80. The maximum absolute atomic E-state index is 13.6. The first-order chi connectivity index (χ1) is 9.08. The molecule has 1 aromatic heterocycles. The van der Waals surface area contributed by atoms with E-state index in [1.807, 2.05) is 17.8 Å². The second kappa shape index (κ2) is 5.79. The van der Waals surface area contributed by atoms with Gasteiger partial charge in [-0.3, -0.25) is 4.68 Å². The molecule has 1 heterocycles. The minimum atomic E-state index is -0.405. The van der Waals surface area contributed by atoms with Crippen LogP contribution in [0.15, 0.2) is 30.5 Å². The predicted octanol–water partition coefficient (Wildman–Crippen LogP) is 1.85. The third-order valence-electron chi connectivity index (χ3n) is 2.87. The summed E-state index contributed by atoms with van der Waals surface area (Å²) in [5, 5.41) is 7.24. The summed E-state index contributed by atoms with van der Waals surface area (Å²) in [5.41, 5.74) is 7.50. The first-order valence-electron chi connectivity index (χ1n) is 5.88. The lowest BCUT2D eigenvalue weighted by molar-refractivity contribution is 0.626. The molecular weight excluding hydrogens is 263 g/mol. The monoisotopic (exact) mass is 278 g/mol. The fraction of sp³-hybridized carbons (Fsp3) is 0.231. The second-order valence-electron chi connectivity index (χ2n) is 4.18. The average molecular weight is 278 g/mol. The average Bonchev–Trinajstić information content (AvgIpc) is 2.75. The van der Waals surface area contributed by atoms with E-state index < -0.39 is 5.82 Å². The quantitative estimate of drug-likeness (QED) is 0.820. The summed E-state index contributed by atoms with van der Waals surface area (Å²) in [7, 11) is 1.89. The fourth-order valence-corrected chi connectivity index (χ4v) is 1.97. The molecule has 0 amide bonds. The molecule has 2 rings (SSSR count). The van der Waals surface area contributed by atoms with Crippen molar-refractivity contribution in [3.05, 3.63) is 47.5 Å². The van der Waals surface area contributed by atoms with Crippen LogP contribution in [0.2, 0.25) is 0 Å². The highest BCUT2D eigenvalue weighted by atomic mass is 32.1. The molecule has 0 atom stereocenters. The highest BCUT2D eigenvalue weighted by Gasteiger charge is 2.06. The number of nitrogens with two attached hydrogens (primary N) is 1. The van der Waals surface area contributed by atoms with Crippen LogP contribution in [-0.4, -0.2) is 21.3 Å². The number of halogens is 1. The summed E-state index contributed by atoms with van der Waals surface area (Å²) in [6.45, 7) is 0.700. The van der Waals surface area contributed by atoms with Crippen molar-refractivity contribution in [2.75, 3.05) is 11.9 Å². The van der Waals surface area contributed by atoms with Crippen LogP contribution in [0.1, 0.15) is 11.3 Å². The van der Waals surface area contributed by atoms with Crippen LogP contribution in [-0.2, 0) is 13.5 Å². The Balaban J connectivity index is 1.95. The Morgan fingerprint density at radius 3 is 2.84 bits per heavy atom. The van der Waals surface area contributed by atoms with Crippen molar-refractivity contribution >= 4 is 22.9 Å². The molecular formula is C13H15FN4S. The highest BCUT2D eigenvalue weighted by Crippen LogP contribution is 2.14. The van der Waals surface area contributed by atoms with Gasteiger partial charge in [-0.1, -0.05) is 12.2 Å². The van der Waals surface area contributed by atoms with Crippen molar-refractivity contribution in [1.29, 1.82) is 0 Å². The first kappa shape index (κ1) is 13.5. The number of aromatic nitrogens is 2. The molecule has 100 valence electrons. The third-order valence-corrected chi connectivity index (χ3v) is 3.09. The Labute approximate surface area is 116 Å². The fourth-order valence-electron chi connectivity index (χ4n) is 1.81. The van der Waals surface area contributed by atoms with Crippen molar-refractivity contribution in [2.45, 2.75) is 6.42 Å². The molecule has 6 heteroatoms. The Morgan fingerprint density at radius 2 is 2.26 bits per heavy atom. The zero-order valence-electron chi connectivity index (χ0n) is 10.6. The second-order valence-corrected chi connectivity index (χ2v) is 4.62. The minimum Gasteiger partial charge on any atom is -0.389 e. The topological polar surface area (TPSA) is 55.9 Å². The van der Waals surface area contributed by atoms with E-state index in [4.69, 9.17) is 18.0 Å². The Hall–Kier alpha value is -1.95. The van der Waals surface area contributed by atoms with Crippen LogP contribution in [0.25, 0.3) is 0 Å². The van der Waals surface area contributed by atoms with Crippen LogP contribution >= 0.6 is 12.2 Å². The summed E-state index contributed by atoms with van der Waals surface area (Å²) in [5.74, 6) is -0.405. The summed E-state index contributed by atoms with van der Waals surface area (Å²) in [4.78, 5) is 0.0685. The molecule has 0 unspecified atom stereocenters. The molecule has 4 nitrogen and oxygen atoms in total. The summed E-state index contributed by atoms with van der Waals surface area (Å²) in [6, 6.07) is 6.71. The standard InChI is InChI=1S/C13H15FN4S/c1-18-10(5-7-17-18)4-6-16-9-2-3-11(13(15)19)12(14)8-9/h2-3,5,7-8,16H,4,6H2,1H3,(H2,15,19). The van der Waals surface area contributed by atoms with Crippen LogP contribution in [0.3, 0.4) is 0 Å². The van der Waals surface area contributed by atoms with Gasteiger partial charge in [-0.05, 0) is 24.3 Å². The van der Waals surface area contributed by atoms with E-state index >= 15 is 0 Å². The molecule has 0 aliphatic rings. The molecule has 19 heavy (non-hydrogen) atoms. The molecule has 0 fully saturated rings. The van der Waals surface area contributed by atoms with Gasteiger partial charge in [0.25, 0.3) is 0 Å². The molecule has 0 aliphatic carbocycles. The Bertz CT molecular complexity index is 594. The van der Waals surface area contributed by atoms with Gasteiger partial charge in [0.05, 0.1) is 0 Å². The maximum atomic E-state index is 13.6. The van der Waals surface area contributed by atoms with Gasteiger partial charge < -0.3 is 11.1 Å². The number of nitrogens with one attached hydrogen (secondary N) is 1. The van der Waals surface area contributed by atoms with Gasteiger partial charge in [-0.2, -0.15) is 5.10 Å². The van der Waals surface area contributed by atoms with E-state index in [-0.39, 0.29) is 10.6 Å². The molecule has 2 aromatic rings. The molecule has 3 N–H and O–H groups in total. The zero-order valence-corrected chi connectivity index (χ0v) is 11.4. The number of rotatable bonds is 5. The lowest BCUT2D eigenvalue weighted by Gasteiger charge is -2.08. The van der Waals surface area contributed by atoms with Gasteiger partial charge in [-0.25, -0.2) is 4.39 Å². The van der Waals surface area contributed by atoms with Crippen LogP contribution in [0, 0.1) is 5.82 Å². The van der Waals surface area contributed by atoms with Crippen LogP contribution < -0.4 is 11.1 Å². The smallest absolute Gasteiger partial charge is 0.135 e. The van der Waals surface area contributed by atoms with Gasteiger partial charge in [0.15, 0.2) is 0 Å². The number of aryl methyl sites for hydroxylation is 1. The molecule has 0 radical (unpaired) electrons. The molecule has 1 aromatic carbocycles. The van der Waals surface area contributed by atoms with Crippen molar-refractivity contribution < 1.29 is 4.39 Å². The van der Waals surface area contributed by atoms with Gasteiger partial charge >= 0.3 is 0 Å². The number of anilines is 1. The van der Waals surface area contributed by atoms with Crippen molar-refractivity contribution in [3.63, 3.8) is 0 Å². The predicted molar refractivity (Wildman–Crippen MR) is 77.7 cm³/mol. The molecule has 0 saturated carbocycles. The van der Waals surface area contributed by atoms with Gasteiger partial charge in [0.1, 0.15) is 10.8 Å². The van der Waals surface area contributed by atoms with E-state index in [0.29, 0.717) is 12.2 Å². The minimum absolute atomic E-state index is 0.0685. The van der Waals surface area contributed by atoms with Crippen molar-refractivity contribution in [3.8, 4) is 0 Å². The van der Waals surface area contributed by atoms with Gasteiger partial charge in [0.2, 0.25) is 0 Å². The Kier molecular flexibility index (Phi) is 4.11. The van der Waals surface area contributed by atoms with Crippen LogP contribution in [0.5, 0.6) is 0 Å². The molecule has 0 bridgehead atoms. The van der Waals surface area contributed by atoms with E-state index in [1.165, 1.54) is 6.07 Å². The number of hydrogen-bond acceptors (Lipinski definition) is 3. The van der Waals surface area contributed by atoms with Crippen molar-refractivity contribution in [2.24, 2.45) is 12.8 Å². The number of benzene rings is 1. The third kappa shape index (κ3) is 3.29. The first-order valence-corrected chi connectivity index (χ1v) is 6.29. The lowest BCUT2D eigenvalue weighted by Crippen LogP contribution is -2.12. The Morgan fingerprint density at radius 1 is 1.47 bits per heavy atom. The van der Waals surface area contributed by atoms with Crippen molar-refractivity contribution in [1.82, 2.24) is 9.78 Å². The van der Waals surface area contributed by atoms with E-state index in [2.05, 4.69) is 10.4 Å². The van der Waals surface area contributed by atoms with E-state index in [0.717, 1.165) is 12.1 Å². The summed E-state index contributed by atoms with van der Waals surface area (Å²) < 4.78 is 15.5. The van der Waals surface area contributed by atoms with Gasteiger partial charge in [-0.15, -0.1) is 0 Å². The normalized spacial score (nSPS) is 10.4. The van der Waals surface area contributed by atoms with Gasteiger partial charge in [0, 0.05) is 43.2 Å². The number of hydrogen-bond donors (Lipinski definition) is 2. The van der Waals surface area contributed by atoms with Crippen LogP contribution in [0.4, 0.5) is 10.1 Å². The molecule has 0 saturated heterocycles. The number of nitrogens with zero attached hydrogens (tertiary/aromatic N) is 2. The summed E-state index contributed by atoms with van der Waals surface area (Å²) in [6.07, 6.45) is 2.57. The van der Waals surface area contributed by atoms with E-state index in [1.54, 1.807) is 18.3 Å². The maximum Gasteiger partial charge on any atom is 0.135 e. The van der Waals surface area contributed by atoms with E-state index in [9.17, 15) is 4.39 Å². The largest absolute Gasteiger partial charge is 0.389 e. The number of thiocarbonyl (C=S) groups is 1. The zero-order chi connectivity index (χ0) is 13.8. The SMILES string of the molecule is Cn1nccc1CCNc1ccc(C(N)=S)c(F)c1. The lowest BCUT2D eigenvalue weighted by atomic mass is 10.2. The molecule has 0 spiro atoms. The summed E-state index contributed by atoms with van der Waals surface area (Å²) >= 11 is 4.76.